The molecule has 0 radical (unpaired) electrons. The van der Waals surface area contributed by atoms with Gasteiger partial charge in [0.15, 0.2) is 6.10 Å². The summed E-state index contributed by atoms with van der Waals surface area (Å²) in [6.07, 6.45) is -0.931. The highest BCUT2D eigenvalue weighted by molar-refractivity contribution is 7.14. The number of ether oxygens (including phenoxy) is 1. The fourth-order valence-electron chi connectivity index (χ4n) is 3.12. The highest BCUT2D eigenvalue weighted by Gasteiger charge is 2.25. The molecule has 0 aliphatic heterocycles. The molecule has 29 heavy (non-hydrogen) atoms. The Labute approximate surface area is 172 Å². The van der Waals surface area contributed by atoms with Gasteiger partial charge in [-0.2, -0.15) is 0 Å². The van der Waals surface area contributed by atoms with Gasteiger partial charge in [-0.3, -0.25) is 14.6 Å². The second-order valence-electron chi connectivity index (χ2n) is 6.80. The molecule has 150 valence electrons. The van der Waals surface area contributed by atoms with Crippen molar-refractivity contribution in [2.45, 2.75) is 40.3 Å². The number of esters is 1. The molecule has 6 nitrogen and oxygen atoms in total. The summed E-state index contributed by atoms with van der Waals surface area (Å²) in [6.45, 7) is 6.98. The smallest absolute Gasteiger partial charge is 0.340 e. The zero-order chi connectivity index (χ0) is 21.1. The Morgan fingerprint density at radius 1 is 1.14 bits per heavy atom. The summed E-state index contributed by atoms with van der Waals surface area (Å²) in [5.74, 6) is -0.973. The van der Waals surface area contributed by atoms with E-state index in [0.717, 1.165) is 21.3 Å². The summed E-state index contributed by atoms with van der Waals surface area (Å²) < 4.78 is 5.48. The molecule has 0 aliphatic carbocycles. The third-order valence-electron chi connectivity index (χ3n) is 4.61. The number of hydrogen-bond acceptors (Lipinski definition) is 6. The van der Waals surface area contributed by atoms with Crippen molar-refractivity contribution in [1.82, 2.24) is 10.3 Å². The van der Waals surface area contributed by atoms with Crippen LogP contribution < -0.4 is 5.32 Å². The minimum Gasteiger partial charge on any atom is -0.451 e. The van der Waals surface area contributed by atoms with Crippen LogP contribution >= 0.6 is 11.3 Å². The van der Waals surface area contributed by atoms with Gasteiger partial charge in [-0.15, -0.1) is 11.3 Å². The van der Waals surface area contributed by atoms with Crippen LogP contribution in [0.5, 0.6) is 0 Å². The molecule has 7 heteroatoms. The highest BCUT2D eigenvalue weighted by atomic mass is 32.1. The van der Waals surface area contributed by atoms with E-state index in [-0.39, 0.29) is 11.7 Å². The number of Topliss-reactive ketones (excluding diaryl/α,β-unsaturated/α-hetero) is 1. The summed E-state index contributed by atoms with van der Waals surface area (Å²) in [5.41, 5.74) is 2.56. The number of aryl methyl sites for hydroxylation is 2. The fraction of sp³-hybridized carbons (Fsp3) is 0.273. The van der Waals surface area contributed by atoms with Gasteiger partial charge < -0.3 is 10.1 Å². The number of rotatable bonds is 6. The molecular weight excluding hydrogens is 388 g/mol. The molecule has 3 rings (SSSR count). The van der Waals surface area contributed by atoms with Gasteiger partial charge in [-0.1, -0.05) is 18.2 Å². The minimum absolute atomic E-state index is 0.136. The zero-order valence-corrected chi connectivity index (χ0v) is 17.6. The van der Waals surface area contributed by atoms with Crippen LogP contribution in [0.3, 0.4) is 0 Å². The summed E-state index contributed by atoms with van der Waals surface area (Å²) in [7, 11) is 0. The van der Waals surface area contributed by atoms with Gasteiger partial charge in [0, 0.05) is 17.2 Å². The maximum Gasteiger partial charge on any atom is 0.340 e. The number of amides is 1. The maximum atomic E-state index is 12.8. The van der Waals surface area contributed by atoms with Crippen LogP contribution in [0.1, 0.15) is 50.0 Å². The molecule has 0 spiro atoms. The van der Waals surface area contributed by atoms with Crippen molar-refractivity contribution in [3.63, 3.8) is 0 Å². The average molecular weight is 410 g/mol. The Morgan fingerprint density at radius 3 is 2.59 bits per heavy atom. The molecule has 0 bridgehead atoms. The molecule has 1 aromatic carbocycles. The van der Waals surface area contributed by atoms with Crippen molar-refractivity contribution in [2.24, 2.45) is 0 Å². The molecule has 2 aromatic heterocycles. The Bertz CT molecular complexity index is 1100. The van der Waals surface area contributed by atoms with Crippen LogP contribution in [0.2, 0.25) is 0 Å². The van der Waals surface area contributed by atoms with E-state index in [9.17, 15) is 14.4 Å². The lowest BCUT2D eigenvalue weighted by atomic mass is 10.0. The number of benzene rings is 1. The summed E-state index contributed by atoms with van der Waals surface area (Å²) in [6, 6.07) is 11.1. The third-order valence-corrected chi connectivity index (χ3v) is 5.71. The van der Waals surface area contributed by atoms with Gasteiger partial charge in [0.1, 0.15) is 0 Å². The molecule has 1 N–H and O–H groups in total. The van der Waals surface area contributed by atoms with Crippen LogP contribution in [0, 0.1) is 13.8 Å². The predicted molar refractivity (Wildman–Crippen MR) is 112 cm³/mol. The second-order valence-corrected chi connectivity index (χ2v) is 7.97. The molecule has 0 fully saturated rings. The van der Waals surface area contributed by atoms with E-state index in [1.54, 1.807) is 26.0 Å². The SMILES string of the molecule is CC(=O)NCc1ccc(C(=O)C(C)OC(=O)c2c(C)nc3ccccc3c2C)s1. The second kappa shape index (κ2) is 8.53. The maximum absolute atomic E-state index is 12.8. The van der Waals surface area contributed by atoms with E-state index in [0.29, 0.717) is 22.7 Å². The van der Waals surface area contributed by atoms with Crippen LogP contribution in [0.25, 0.3) is 10.9 Å². The van der Waals surface area contributed by atoms with Gasteiger partial charge in [-0.05, 0) is 44.5 Å². The van der Waals surface area contributed by atoms with E-state index in [1.807, 2.05) is 31.2 Å². The third kappa shape index (κ3) is 4.51. The predicted octanol–water partition coefficient (Wildman–Crippen LogP) is 3.98. The normalized spacial score (nSPS) is 11.9. The number of nitrogens with zero attached hydrogens (tertiary/aromatic N) is 1. The van der Waals surface area contributed by atoms with Crippen molar-refractivity contribution < 1.29 is 19.1 Å². The topological polar surface area (TPSA) is 85.4 Å². The summed E-state index contributed by atoms with van der Waals surface area (Å²) in [4.78, 5) is 42.3. The molecule has 1 amide bonds. The van der Waals surface area contributed by atoms with Crippen LogP contribution in [-0.4, -0.2) is 28.7 Å². The minimum atomic E-state index is -0.931. The monoisotopic (exact) mass is 410 g/mol. The first-order valence-corrected chi connectivity index (χ1v) is 10.0. The first kappa shape index (κ1) is 20.7. The van der Waals surface area contributed by atoms with Gasteiger partial charge in [0.25, 0.3) is 0 Å². The molecule has 0 aliphatic rings. The first-order valence-electron chi connectivity index (χ1n) is 9.22. The lowest BCUT2D eigenvalue weighted by molar-refractivity contribution is -0.119. The van der Waals surface area contributed by atoms with Crippen molar-refractivity contribution in [1.29, 1.82) is 0 Å². The fourth-order valence-corrected chi connectivity index (χ4v) is 4.09. The Morgan fingerprint density at radius 2 is 1.86 bits per heavy atom. The zero-order valence-electron chi connectivity index (χ0n) is 16.7. The van der Waals surface area contributed by atoms with Crippen LogP contribution in [-0.2, 0) is 16.1 Å². The number of hydrogen-bond donors (Lipinski definition) is 1. The standard InChI is InChI=1S/C22H22N2O4S/c1-12-17-7-5-6-8-18(17)24-13(2)20(12)22(27)28-14(3)21(26)19-10-9-16(29-19)11-23-15(4)25/h5-10,14H,11H2,1-4H3,(H,23,25). The Hall–Kier alpha value is -3.06. The average Bonchev–Trinajstić information content (AvgIpc) is 3.14. The summed E-state index contributed by atoms with van der Waals surface area (Å²) in [5, 5.41) is 3.57. The van der Waals surface area contributed by atoms with Gasteiger partial charge in [0.05, 0.1) is 28.2 Å². The van der Waals surface area contributed by atoms with Crippen molar-refractivity contribution in [3.05, 3.63) is 63.0 Å². The van der Waals surface area contributed by atoms with E-state index >= 15 is 0 Å². The number of para-hydroxylation sites is 1. The van der Waals surface area contributed by atoms with Crippen LogP contribution in [0.15, 0.2) is 36.4 Å². The highest BCUT2D eigenvalue weighted by Crippen LogP contribution is 2.24. The van der Waals surface area contributed by atoms with Gasteiger partial charge >= 0.3 is 5.97 Å². The Kier molecular flexibility index (Phi) is 6.08. The van der Waals surface area contributed by atoms with Crippen molar-refractivity contribution in [2.75, 3.05) is 0 Å². The number of pyridine rings is 1. The number of carbonyl (C=O) groups excluding carboxylic acids is 3. The molecule has 1 unspecified atom stereocenters. The Balaban J connectivity index is 1.76. The van der Waals surface area contributed by atoms with Crippen molar-refractivity contribution in [3.8, 4) is 0 Å². The lowest BCUT2D eigenvalue weighted by Gasteiger charge is -2.15. The largest absolute Gasteiger partial charge is 0.451 e. The number of aromatic nitrogens is 1. The molecule has 1 atom stereocenters. The number of carbonyl (C=O) groups is 3. The van der Waals surface area contributed by atoms with E-state index < -0.39 is 12.1 Å². The van der Waals surface area contributed by atoms with E-state index in [4.69, 9.17) is 4.74 Å². The lowest BCUT2D eigenvalue weighted by Crippen LogP contribution is -2.25. The molecule has 2 heterocycles. The number of ketones is 1. The first-order chi connectivity index (χ1) is 13.8. The molecule has 3 aromatic rings. The molecular formula is C22H22N2O4S. The van der Waals surface area contributed by atoms with Gasteiger partial charge in [-0.25, -0.2) is 4.79 Å². The molecule has 0 saturated carbocycles. The summed E-state index contributed by atoms with van der Waals surface area (Å²) >= 11 is 1.27. The van der Waals surface area contributed by atoms with E-state index in [1.165, 1.54) is 18.3 Å². The number of nitrogens with one attached hydrogen (secondary N) is 1. The van der Waals surface area contributed by atoms with Crippen molar-refractivity contribution >= 4 is 39.9 Å². The molecule has 0 saturated heterocycles. The quantitative estimate of drug-likeness (QED) is 0.491. The number of thiophene rings is 1. The van der Waals surface area contributed by atoms with Crippen LogP contribution in [0.4, 0.5) is 0 Å². The number of fused-ring (bicyclic) bond motifs is 1. The van der Waals surface area contributed by atoms with Gasteiger partial charge in [0.2, 0.25) is 11.7 Å². The van der Waals surface area contributed by atoms with E-state index in [2.05, 4.69) is 10.3 Å².